The molecule has 0 radical (unpaired) electrons. The van der Waals surface area contributed by atoms with Gasteiger partial charge in [-0.2, -0.15) is 5.10 Å². The maximum atomic E-state index is 13.7. The average Bonchev–Trinajstić information content (AvgIpc) is 3.23. The third kappa shape index (κ3) is 5.49. The highest BCUT2D eigenvalue weighted by Gasteiger charge is 2.17. The Hall–Kier alpha value is -4.17. The van der Waals surface area contributed by atoms with Crippen LogP contribution in [0.4, 0.5) is 0 Å². The molecular weight excluding hydrogens is 462 g/mol. The molecule has 0 spiro atoms. The van der Waals surface area contributed by atoms with Gasteiger partial charge in [0, 0.05) is 29.2 Å². The number of nitrogens with one attached hydrogen (secondary N) is 1. The largest absolute Gasteiger partial charge is 0.333 e. The lowest BCUT2D eigenvalue weighted by molar-refractivity contribution is 0.672. The lowest BCUT2D eigenvalue weighted by atomic mass is 10.0. The summed E-state index contributed by atoms with van der Waals surface area (Å²) in [6.45, 7) is 6.91. The lowest BCUT2D eigenvalue weighted by Gasteiger charge is -2.12. The number of imidazole rings is 1. The molecule has 2 aromatic heterocycles. The van der Waals surface area contributed by atoms with Crippen molar-refractivity contribution < 1.29 is 0 Å². The molecule has 4 aromatic rings. The number of aryl methyl sites for hydroxylation is 1. The van der Waals surface area contributed by atoms with Crippen molar-refractivity contribution in [2.45, 2.75) is 52.5 Å². The highest BCUT2D eigenvalue weighted by atomic mass is 16.1. The number of pyridine rings is 1. The minimum Gasteiger partial charge on any atom is -0.321 e. The Bertz CT molecular complexity index is 1430. The van der Waals surface area contributed by atoms with E-state index in [0.29, 0.717) is 18.3 Å². The number of para-hydroxylation sites is 1. The van der Waals surface area contributed by atoms with Crippen LogP contribution in [0.3, 0.4) is 0 Å². The van der Waals surface area contributed by atoms with Gasteiger partial charge in [-0.05, 0) is 42.0 Å². The van der Waals surface area contributed by atoms with Crippen LogP contribution in [-0.4, -0.2) is 20.0 Å². The van der Waals surface area contributed by atoms with E-state index < -0.39 is 0 Å². The molecule has 37 heavy (non-hydrogen) atoms. The van der Waals surface area contributed by atoms with E-state index in [1.54, 1.807) is 4.57 Å². The lowest BCUT2D eigenvalue weighted by Crippen LogP contribution is -2.32. The van der Waals surface area contributed by atoms with Crippen molar-refractivity contribution in [3.05, 3.63) is 106 Å². The summed E-state index contributed by atoms with van der Waals surface area (Å²) < 4.78 is 3.67. The molecular formula is C29H35N7O. The third-order valence-corrected chi connectivity index (χ3v) is 6.56. The molecule has 2 heterocycles. The van der Waals surface area contributed by atoms with E-state index in [-0.39, 0.29) is 5.69 Å². The van der Waals surface area contributed by atoms with Gasteiger partial charge in [0.2, 0.25) is 0 Å². The van der Waals surface area contributed by atoms with Gasteiger partial charge in [-0.25, -0.2) is 10.6 Å². The topological polar surface area (TPSA) is 116 Å². The van der Waals surface area contributed by atoms with Crippen LogP contribution in [0.2, 0.25) is 0 Å². The van der Waals surface area contributed by atoms with Gasteiger partial charge in [0.1, 0.15) is 0 Å². The Labute approximate surface area is 217 Å². The highest BCUT2D eigenvalue weighted by molar-refractivity contribution is 6.03. The maximum Gasteiger partial charge on any atom is 0.333 e. The minimum absolute atomic E-state index is 0.0357. The monoisotopic (exact) mass is 497 g/mol. The molecule has 5 N–H and O–H groups in total. The quantitative estimate of drug-likeness (QED) is 0.138. The van der Waals surface area contributed by atoms with Crippen molar-refractivity contribution in [3.63, 3.8) is 0 Å². The van der Waals surface area contributed by atoms with Gasteiger partial charge in [-0.3, -0.25) is 14.1 Å². The Balaban J connectivity index is 1.70. The zero-order valence-corrected chi connectivity index (χ0v) is 21.7. The Morgan fingerprint density at radius 2 is 1.84 bits per heavy atom. The first-order valence-electron chi connectivity index (χ1n) is 12.7. The molecule has 0 unspecified atom stereocenters. The molecule has 0 atom stereocenters. The van der Waals surface area contributed by atoms with Crippen LogP contribution in [-0.2, 0) is 13.0 Å². The normalized spacial score (nSPS) is 11.8. The second kappa shape index (κ2) is 11.7. The predicted octanol–water partition coefficient (Wildman–Crippen LogP) is 4.30. The minimum atomic E-state index is -0.0357. The number of rotatable bonds is 9. The molecule has 8 heteroatoms. The number of hydrogen-bond acceptors (Lipinski definition) is 5. The van der Waals surface area contributed by atoms with Crippen molar-refractivity contribution in [3.8, 4) is 16.9 Å². The fraction of sp³-hybridized carbons (Fsp3) is 0.276. The summed E-state index contributed by atoms with van der Waals surface area (Å²) in [4.78, 5) is 18.4. The smallest absolute Gasteiger partial charge is 0.321 e. The number of hydrogen-bond donors (Lipinski definition) is 3. The van der Waals surface area contributed by atoms with Crippen LogP contribution in [0, 0.1) is 0 Å². The van der Waals surface area contributed by atoms with E-state index in [1.807, 2.05) is 71.6 Å². The van der Waals surface area contributed by atoms with E-state index in [2.05, 4.69) is 37.4 Å². The van der Waals surface area contributed by atoms with Gasteiger partial charge in [-0.1, -0.05) is 75.7 Å². The SMILES string of the molecule is CCCCc1cn(-c2ccccc2C(C)C)c(=O)n1Cc1ccc(-c2ccccc2/C(=N/N)NN)nc1. The highest BCUT2D eigenvalue weighted by Crippen LogP contribution is 2.24. The Morgan fingerprint density at radius 1 is 1.08 bits per heavy atom. The summed E-state index contributed by atoms with van der Waals surface area (Å²) >= 11 is 0. The number of hydrazine groups is 1. The van der Waals surface area contributed by atoms with E-state index in [1.165, 1.54) is 0 Å². The Kier molecular flexibility index (Phi) is 8.20. The van der Waals surface area contributed by atoms with Gasteiger partial charge in [0.25, 0.3) is 0 Å². The zero-order valence-electron chi connectivity index (χ0n) is 21.7. The first-order chi connectivity index (χ1) is 18.0. The number of nitrogens with zero attached hydrogens (tertiary/aromatic N) is 4. The maximum absolute atomic E-state index is 13.7. The van der Waals surface area contributed by atoms with Crippen LogP contribution in [0.1, 0.15) is 61.9 Å². The van der Waals surface area contributed by atoms with Crippen molar-refractivity contribution in [1.29, 1.82) is 0 Å². The summed E-state index contributed by atoms with van der Waals surface area (Å²) in [5.74, 6) is 11.8. The number of amidine groups is 1. The molecule has 0 aliphatic heterocycles. The van der Waals surface area contributed by atoms with E-state index >= 15 is 0 Å². The molecule has 0 saturated carbocycles. The summed E-state index contributed by atoms with van der Waals surface area (Å²) in [6, 6.07) is 19.7. The van der Waals surface area contributed by atoms with Crippen LogP contribution >= 0.6 is 0 Å². The number of hydrazone groups is 1. The standard InChI is InChI=1S/C29H35N7O/c1-4-5-10-22-19-36(27-14-9-8-11-23(27)20(2)3)29(37)35(22)18-21-15-16-26(32-17-21)24-12-6-7-13-25(24)28(33-30)34-31/h6-9,11-17,19-20H,4-5,10,18,30-31H2,1-3H3,(H,33,34). The van der Waals surface area contributed by atoms with Gasteiger partial charge in [0.15, 0.2) is 5.84 Å². The predicted molar refractivity (Wildman–Crippen MR) is 150 cm³/mol. The molecule has 0 aliphatic carbocycles. The fourth-order valence-electron chi connectivity index (χ4n) is 4.58. The summed E-state index contributed by atoms with van der Waals surface area (Å²) in [6.07, 6.45) is 6.74. The molecule has 0 amide bonds. The van der Waals surface area contributed by atoms with Crippen molar-refractivity contribution >= 4 is 5.84 Å². The summed E-state index contributed by atoms with van der Waals surface area (Å²) in [5, 5.41) is 3.74. The van der Waals surface area contributed by atoms with Crippen LogP contribution in [0.15, 0.2) is 83.0 Å². The van der Waals surface area contributed by atoms with Gasteiger partial charge < -0.3 is 11.3 Å². The van der Waals surface area contributed by atoms with E-state index in [0.717, 1.165) is 58.6 Å². The second-order valence-corrected chi connectivity index (χ2v) is 9.40. The molecule has 0 saturated heterocycles. The second-order valence-electron chi connectivity index (χ2n) is 9.40. The van der Waals surface area contributed by atoms with Crippen LogP contribution < -0.4 is 22.8 Å². The molecule has 8 nitrogen and oxygen atoms in total. The van der Waals surface area contributed by atoms with E-state index in [9.17, 15) is 4.79 Å². The fourth-order valence-corrected chi connectivity index (χ4v) is 4.58. The summed E-state index contributed by atoms with van der Waals surface area (Å²) in [5.41, 5.74) is 8.94. The number of benzene rings is 2. The van der Waals surface area contributed by atoms with Crippen LogP contribution in [0.5, 0.6) is 0 Å². The van der Waals surface area contributed by atoms with Gasteiger partial charge >= 0.3 is 5.69 Å². The third-order valence-electron chi connectivity index (χ3n) is 6.56. The number of nitrogens with two attached hydrogens (primary N) is 2. The molecule has 0 fully saturated rings. The zero-order chi connectivity index (χ0) is 26.4. The van der Waals surface area contributed by atoms with Crippen molar-refractivity contribution in [1.82, 2.24) is 19.5 Å². The Morgan fingerprint density at radius 3 is 2.51 bits per heavy atom. The van der Waals surface area contributed by atoms with Gasteiger partial charge in [0.05, 0.1) is 17.9 Å². The first kappa shape index (κ1) is 25.9. The van der Waals surface area contributed by atoms with E-state index in [4.69, 9.17) is 16.7 Å². The van der Waals surface area contributed by atoms with Crippen LogP contribution in [0.25, 0.3) is 16.9 Å². The molecule has 0 aliphatic rings. The number of aromatic nitrogens is 3. The van der Waals surface area contributed by atoms with Crippen molar-refractivity contribution in [2.24, 2.45) is 16.8 Å². The van der Waals surface area contributed by atoms with Crippen molar-refractivity contribution in [2.75, 3.05) is 0 Å². The molecule has 2 aromatic carbocycles. The number of unbranched alkanes of at least 4 members (excludes halogenated alkanes) is 1. The first-order valence-corrected chi connectivity index (χ1v) is 12.7. The average molecular weight is 498 g/mol. The summed E-state index contributed by atoms with van der Waals surface area (Å²) in [7, 11) is 0. The molecule has 4 rings (SSSR count). The molecule has 192 valence electrons. The molecule has 0 bridgehead atoms. The van der Waals surface area contributed by atoms with Gasteiger partial charge in [-0.15, -0.1) is 0 Å².